The number of nitrogens with zero attached hydrogens (tertiary/aromatic N) is 2. The number of ether oxygens (including phenoxy) is 1. The molecule has 6 heteroatoms. The molecule has 3 N–H and O–H groups in total. The van der Waals surface area contributed by atoms with Crippen molar-refractivity contribution in [3.8, 4) is 0 Å². The minimum atomic E-state index is -0.0539. The maximum Gasteiger partial charge on any atom is 0.0834 e. The SMILES string of the molecule is CCCn1ncc(Cl)c1C(CC1(OC)CCC1)NN. The van der Waals surface area contributed by atoms with Crippen molar-refractivity contribution in [2.45, 2.75) is 57.2 Å². The number of methoxy groups -OCH3 is 1. The Kier molecular flexibility index (Phi) is 4.84. The van der Waals surface area contributed by atoms with Gasteiger partial charge in [-0.05, 0) is 32.1 Å². The van der Waals surface area contributed by atoms with Crippen LogP contribution < -0.4 is 11.3 Å². The highest BCUT2D eigenvalue weighted by atomic mass is 35.5. The zero-order valence-corrected chi connectivity index (χ0v) is 12.4. The second-order valence-corrected chi connectivity index (χ2v) is 5.67. The molecule has 0 spiro atoms. The zero-order valence-electron chi connectivity index (χ0n) is 11.7. The first-order valence-electron chi connectivity index (χ1n) is 6.88. The smallest absolute Gasteiger partial charge is 0.0834 e. The van der Waals surface area contributed by atoms with Crippen molar-refractivity contribution in [3.05, 3.63) is 16.9 Å². The van der Waals surface area contributed by atoms with Gasteiger partial charge in [0.05, 0.1) is 28.6 Å². The quantitative estimate of drug-likeness (QED) is 0.597. The molecular formula is C13H23ClN4O. The topological polar surface area (TPSA) is 65.1 Å². The van der Waals surface area contributed by atoms with Crippen molar-refractivity contribution in [1.29, 1.82) is 0 Å². The summed E-state index contributed by atoms with van der Waals surface area (Å²) < 4.78 is 7.61. The second kappa shape index (κ2) is 6.22. The molecule has 108 valence electrons. The molecule has 1 aromatic rings. The molecule has 5 nitrogen and oxygen atoms in total. The molecule has 1 atom stereocenters. The van der Waals surface area contributed by atoms with Crippen molar-refractivity contribution in [2.24, 2.45) is 5.84 Å². The van der Waals surface area contributed by atoms with E-state index in [0.29, 0.717) is 5.02 Å². The highest BCUT2D eigenvalue weighted by Gasteiger charge is 2.40. The third-order valence-corrected chi connectivity index (χ3v) is 4.37. The van der Waals surface area contributed by atoms with Gasteiger partial charge in [0, 0.05) is 13.7 Å². The minimum Gasteiger partial charge on any atom is -0.378 e. The summed E-state index contributed by atoms with van der Waals surface area (Å²) in [5, 5.41) is 4.99. The predicted octanol–water partition coefficient (Wildman–Crippen LogP) is 2.41. The van der Waals surface area contributed by atoms with Crippen LogP contribution in [0.15, 0.2) is 6.20 Å². The van der Waals surface area contributed by atoms with Gasteiger partial charge in [0.15, 0.2) is 0 Å². The lowest BCUT2D eigenvalue weighted by Crippen LogP contribution is -2.44. The molecule has 1 aliphatic rings. The highest BCUT2D eigenvalue weighted by molar-refractivity contribution is 6.31. The Hall–Kier alpha value is -0.620. The van der Waals surface area contributed by atoms with Crippen LogP contribution in [0.3, 0.4) is 0 Å². The summed E-state index contributed by atoms with van der Waals surface area (Å²) in [7, 11) is 1.78. The lowest BCUT2D eigenvalue weighted by Gasteiger charge is -2.42. The van der Waals surface area contributed by atoms with E-state index >= 15 is 0 Å². The number of aryl methyl sites for hydroxylation is 1. The van der Waals surface area contributed by atoms with E-state index in [1.807, 2.05) is 4.68 Å². The standard InChI is InChI=1S/C13H23ClN4O/c1-3-7-18-12(10(14)9-16-18)11(17-15)8-13(19-2)5-4-6-13/h9,11,17H,3-8,15H2,1-2H3. The number of hydrogen-bond acceptors (Lipinski definition) is 4. The summed E-state index contributed by atoms with van der Waals surface area (Å²) in [5.41, 5.74) is 3.79. The summed E-state index contributed by atoms with van der Waals surface area (Å²) >= 11 is 6.27. The first kappa shape index (κ1) is 14.8. The molecule has 1 aliphatic carbocycles. The molecule has 1 fully saturated rings. The van der Waals surface area contributed by atoms with Crippen LogP contribution in [0.25, 0.3) is 0 Å². The molecule has 1 heterocycles. The van der Waals surface area contributed by atoms with Gasteiger partial charge in [0.25, 0.3) is 0 Å². The molecule has 0 amide bonds. The number of nitrogens with one attached hydrogen (secondary N) is 1. The first-order chi connectivity index (χ1) is 9.15. The fourth-order valence-corrected chi connectivity index (χ4v) is 3.05. The molecule has 0 aliphatic heterocycles. The first-order valence-corrected chi connectivity index (χ1v) is 7.26. The number of halogens is 1. The summed E-state index contributed by atoms with van der Waals surface area (Å²) in [6.45, 7) is 2.97. The Labute approximate surface area is 119 Å². The Morgan fingerprint density at radius 1 is 1.63 bits per heavy atom. The third kappa shape index (κ3) is 2.94. The van der Waals surface area contributed by atoms with Crippen molar-refractivity contribution in [2.75, 3.05) is 7.11 Å². The molecule has 0 aromatic carbocycles. The van der Waals surface area contributed by atoms with Gasteiger partial charge in [-0.3, -0.25) is 16.0 Å². The molecule has 1 aromatic heterocycles. The van der Waals surface area contributed by atoms with Crippen LogP contribution in [0, 0.1) is 0 Å². The van der Waals surface area contributed by atoms with Crippen LogP contribution in [0.4, 0.5) is 0 Å². The molecular weight excluding hydrogens is 264 g/mol. The lowest BCUT2D eigenvalue weighted by molar-refractivity contribution is -0.0843. The van der Waals surface area contributed by atoms with Crippen molar-refractivity contribution in [1.82, 2.24) is 15.2 Å². The fourth-order valence-electron chi connectivity index (χ4n) is 2.78. The van der Waals surface area contributed by atoms with Crippen LogP contribution in [-0.4, -0.2) is 22.5 Å². The number of nitrogens with two attached hydrogens (primary N) is 1. The predicted molar refractivity (Wildman–Crippen MR) is 75.8 cm³/mol. The highest BCUT2D eigenvalue weighted by Crippen LogP contribution is 2.42. The molecule has 2 rings (SSSR count). The summed E-state index contributed by atoms with van der Waals surface area (Å²) in [6, 6.07) is -0.0261. The van der Waals surface area contributed by atoms with Gasteiger partial charge in [-0.15, -0.1) is 0 Å². The Bertz CT molecular complexity index is 411. The van der Waals surface area contributed by atoms with Gasteiger partial charge in [0.2, 0.25) is 0 Å². The summed E-state index contributed by atoms with van der Waals surface area (Å²) in [5.74, 6) is 5.73. The molecule has 19 heavy (non-hydrogen) atoms. The number of hydrazine groups is 1. The van der Waals surface area contributed by atoms with Crippen LogP contribution in [0.5, 0.6) is 0 Å². The van der Waals surface area contributed by atoms with Crippen molar-refractivity contribution >= 4 is 11.6 Å². The Morgan fingerprint density at radius 3 is 2.84 bits per heavy atom. The normalized spacial score (nSPS) is 19.2. The average Bonchev–Trinajstić information content (AvgIpc) is 2.72. The summed E-state index contributed by atoms with van der Waals surface area (Å²) in [4.78, 5) is 0. The van der Waals surface area contributed by atoms with Gasteiger partial charge in [0.1, 0.15) is 0 Å². The Morgan fingerprint density at radius 2 is 2.37 bits per heavy atom. The number of rotatable bonds is 7. The number of hydrogen-bond donors (Lipinski definition) is 2. The fraction of sp³-hybridized carbons (Fsp3) is 0.769. The Balaban J connectivity index is 2.19. The van der Waals surface area contributed by atoms with Gasteiger partial charge >= 0.3 is 0 Å². The van der Waals surface area contributed by atoms with Crippen LogP contribution in [0.1, 0.15) is 50.8 Å². The van der Waals surface area contributed by atoms with E-state index in [-0.39, 0.29) is 11.6 Å². The molecule has 1 saturated carbocycles. The monoisotopic (exact) mass is 286 g/mol. The third-order valence-electron chi connectivity index (χ3n) is 4.07. The zero-order chi connectivity index (χ0) is 13.9. The molecule has 0 saturated heterocycles. The van der Waals surface area contributed by atoms with Gasteiger partial charge in [-0.2, -0.15) is 5.10 Å². The van der Waals surface area contributed by atoms with E-state index in [2.05, 4.69) is 17.4 Å². The van der Waals surface area contributed by atoms with Crippen molar-refractivity contribution in [3.63, 3.8) is 0 Å². The van der Waals surface area contributed by atoms with Crippen molar-refractivity contribution < 1.29 is 4.74 Å². The van der Waals surface area contributed by atoms with Gasteiger partial charge in [-0.25, -0.2) is 0 Å². The largest absolute Gasteiger partial charge is 0.378 e. The molecule has 0 bridgehead atoms. The van der Waals surface area contributed by atoms with Crippen LogP contribution in [0.2, 0.25) is 5.02 Å². The van der Waals surface area contributed by atoms with E-state index in [1.54, 1.807) is 13.3 Å². The maximum atomic E-state index is 6.27. The lowest BCUT2D eigenvalue weighted by atomic mass is 9.75. The van der Waals surface area contributed by atoms with E-state index in [1.165, 1.54) is 6.42 Å². The van der Waals surface area contributed by atoms with Crippen LogP contribution in [-0.2, 0) is 11.3 Å². The van der Waals surface area contributed by atoms with Crippen LogP contribution >= 0.6 is 11.6 Å². The van der Waals surface area contributed by atoms with E-state index < -0.39 is 0 Å². The molecule has 0 radical (unpaired) electrons. The van der Waals surface area contributed by atoms with E-state index in [9.17, 15) is 0 Å². The average molecular weight is 287 g/mol. The van der Waals surface area contributed by atoms with E-state index in [4.69, 9.17) is 22.2 Å². The minimum absolute atomic E-state index is 0.0261. The second-order valence-electron chi connectivity index (χ2n) is 5.26. The van der Waals surface area contributed by atoms with Gasteiger partial charge < -0.3 is 4.74 Å². The molecule has 1 unspecified atom stereocenters. The van der Waals surface area contributed by atoms with Gasteiger partial charge in [-0.1, -0.05) is 18.5 Å². The van der Waals surface area contributed by atoms with E-state index in [0.717, 1.165) is 37.9 Å². The number of aromatic nitrogens is 2. The maximum absolute atomic E-state index is 6.27. The summed E-state index contributed by atoms with van der Waals surface area (Å²) in [6.07, 6.45) is 6.92.